The Balaban J connectivity index is 2.09. The van der Waals surface area contributed by atoms with Crippen LogP contribution in [-0.2, 0) is 9.53 Å². The van der Waals surface area contributed by atoms with E-state index < -0.39 is 5.97 Å². The van der Waals surface area contributed by atoms with Crippen LogP contribution in [0.15, 0.2) is 0 Å². The smallest absolute Gasteiger partial charge is 0.329 e. The fraction of sp³-hybridized carbons (Fsp3) is 0.857. The van der Waals surface area contributed by atoms with Gasteiger partial charge in [0, 0.05) is 6.54 Å². The Bertz CT molecular complexity index is 132. The summed E-state index contributed by atoms with van der Waals surface area (Å²) in [4.78, 5) is 10.1. The van der Waals surface area contributed by atoms with Crippen LogP contribution < -0.4 is 5.32 Å². The minimum Gasteiger partial charge on any atom is -0.480 e. The van der Waals surface area contributed by atoms with E-state index in [2.05, 4.69) is 5.32 Å². The van der Waals surface area contributed by atoms with Gasteiger partial charge in [-0.3, -0.25) is 0 Å². The number of hydrogen-bond acceptors (Lipinski definition) is 3. The zero-order chi connectivity index (χ0) is 8.10. The molecular weight excluding hydrogens is 146 g/mol. The molecule has 1 saturated heterocycles. The molecule has 4 heteroatoms. The van der Waals surface area contributed by atoms with Crippen LogP contribution in [0.1, 0.15) is 12.8 Å². The minimum atomic E-state index is -0.893. The van der Waals surface area contributed by atoms with Gasteiger partial charge in [-0.05, 0) is 19.4 Å². The molecule has 2 N–H and O–H groups in total. The van der Waals surface area contributed by atoms with E-state index in [0.717, 1.165) is 25.9 Å². The molecule has 64 valence electrons. The Morgan fingerprint density at radius 3 is 3.09 bits per heavy atom. The standard InChI is InChI=1S/C7H13NO3/c9-7(10)5-11-6-2-1-3-8-4-6/h6,8H,1-5H2,(H,9,10)/t6-/m0/s1. The first kappa shape index (κ1) is 8.49. The summed E-state index contributed by atoms with van der Waals surface area (Å²) in [6.45, 7) is 1.63. The third kappa shape index (κ3) is 3.34. The van der Waals surface area contributed by atoms with E-state index in [1.54, 1.807) is 0 Å². The molecule has 0 unspecified atom stereocenters. The summed E-state index contributed by atoms with van der Waals surface area (Å²) in [7, 11) is 0. The van der Waals surface area contributed by atoms with Gasteiger partial charge in [0.15, 0.2) is 0 Å². The molecular formula is C7H13NO3. The fourth-order valence-corrected chi connectivity index (χ4v) is 1.15. The van der Waals surface area contributed by atoms with Gasteiger partial charge in [-0.1, -0.05) is 0 Å². The maximum Gasteiger partial charge on any atom is 0.329 e. The first-order chi connectivity index (χ1) is 5.29. The highest BCUT2D eigenvalue weighted by Gasteiger charge is 2.13. The zero-order valence-corrected chi connectivity index (χ0v) is 6.38. The molecule has 4 nitrogen and oxygen atoms in total. The number of ether oxygens (including phenoxy) is 1. The van der Waals surface area contributed by atoms with E-state index in [1.807, 2.05) is 0 Å². The highest BCUT2D eigenvalue weighted by molar-refractivity contribution is 5.68. The van der Waals surface area contributed by atoms with Crippen LogP contribution >= 0.6 is 0 Å². The Morgan fingerprint density at radius 1 is 1.73 bits per heavy atom. The molecule has 0 aromatic rings. The Hall–Kier alpha value is -0.610. The number of hydrogen-bond donors (Lipinski definition) is 2. The summed E-state index contributed by atoms with van der Waals surface area (Å²) in [6, 6.07) is 0. The van der Waals surface area contributed by atoms with E-state index in [-0.39, 0.29) is 12.7 Å². The Kier molecular flexibility index (Phi) is 3.32. The summed E-state index contributed by atoms with van der Waals surface area (Å²) in [5, 5.41) is 11.4. The van der Waals surface area contributed by atoms with Gasteiger partial charge in [-0.25, -0.2) is 4.79 Å². The number of nitrogens with one attached hydrogen (secondary N) is 1. The zero-order valence-electron chi connectivity index (χ0n) is 6.38. The highest BCUT2D eigenvalue weighted by Crippen LogP contribution is 2.04. The van der Waals surface area contributed by atoms with Crippen LogP contribution in [0.5, 0.6) is 0 Å². The van der Waals surface area contributed by atoms with Crippen LogP contribution in [0.4, 0.5) is 0 Å². The number of carboxylic acids is 1. The number of rotatable bonds is 3. The summed E-state index contributed by atoms with van der Waals surface area (Å²) < 4.78 is 5.08. The van der Waals surface area contributed by atoms with Gasteiger partial charge in [0.25, 0.3) is 0 Å². The lowest BCUT2D eigenvalue weighted by Gasteiger charge is -2.21. The molecule has 1 aliphatic rings. The fourth-order valence-electron chi connectivity index (χ4n) is 1.15. The largest absolute Gasteiger partial charge is 0.480 e. The maximum atomic E-state index is 10.1. The summed E-state index contributed by atoms with van der Waals surface area (Å²) in [5.74, 6) is -0.893. The van der Waals surface area contributed by atoms with E-state index in [9.17, 15) is 4.79 Å². The second kappa shape index (κ2) is 4.31. The van der Waals surface area contributed by atoms with Crippen molar-refractivity contribution in [2.45, 2.75) is 18.9 Å². The van der Waals surface area contributed by atoms with Gasteiger partial charge < -0.3 is 15.2 Å². The SMILES string of the molecule is O=C(O)CO[C@H]1CCCNC1. The molecule has 0 aliphatic carbocycles. The van der Waals surface area contributed by atoms with Crippen molar-refractivity contribution in [1.29, 1.82) is 0 Å². The number of piperidine rings is 1. The number of aliphatic carboxylic acids is 1. The van der Waals surface area contributed by atoms with Crippen LogP contribution in [0.3, 0.4) is 0 Å². The van der Waals surface area contributed by atoms with E-state index in [1.165, 1.54) is 0 Å². The summed E-state index contributed by atoms with van der Waals surface area (Å²) in [5.41, 5.74) is 0. The lowest BCUT2D eigenvalue weighted by molar-refractivity contribution is -0.144. The first-order valence-electron chi connectivity index (χ1n) is 3.83. The molecule has 1 aliphatic heterocycles. The second-order valence-electron chi connectivity index (χ2n) is 2.67. The average Bonchev–Trinajstić information content (AvgIpc) is 2.03. The van der Waals surface area contributed by atoms with Crippen LogP contribution in [0.2, 0.25) is 0 Å². The summed E-state index contributed by atoms with van der Waals surface area (Å²) in [6.07, 6.45) is 2.14. The van der Waals surface area contributed by atoms with Gasteiger partial charge in [-0.15, -0.1) is 0 Å². The minimum absolute atomic E-state index is 0.0971. The van der Waals surface area contributed by atoms with Gasteiger partial charge in [0.1, 0.15) is 6.61 Å². The van der Waals surface area contributed by atoms with Crippen molar-refractivity contribution in [3.05, 3.63) is 0 Å². The predicted octanol–water partition coefficient (Wildman–Crippen LogP) is -0.160. The van der Waals surface area contributed by atoms with Crippen molar-refractivity contribution in [1.82, 2.24) is 5.32 Å². The highest BCUT2D eigenvalue weighted by atomic mass is 16.5. The predicted molar refractivity (Wildman–Crippen MR) is 39.5 cm³/mol. The number of carbonyl (C=O) groups is 1. The maximum absolute atomic E-state index is 10.1. The quantitative estimate of drug-likeness (QED) is 0.600. The molecule has 0 aromatic carbocycles. The molecule has 0 spiro atoms. The van der Waals surface area contributed by atoms with E-state index in [4.69, 9.17) is 9.84 Å². The third-order valence-electron chi connectivity index (χ3n) is 1.69. The number of carboxylic acid groups (broad SMARTS) is 1. The van der Waals surface area contributed by atoms with Gasteiger partial charge in [0.2, 0.25) is 0 Å². The Labute approximate surface area is 65.5 Å². The molecule has 0 saturated carbocycles. The van der Waals surface area contributed by atoms with E-state index in [0.29, 0.717) is 0 Å². The van der Waals surface area contributed by atoms with Crippen molar-refractivity contribution < 1.29 is 14.6 Å². The van der Waals surface area contributed by atoms with Crippen molar-refractivity contribution in [3.63, 3.8) is 0 Å². The van der Waals surface area contributed by atoms with Gasteiger partial charge >= 0.3 is 5.97 Å². The molecule has 0 aromatic heterocycles. The summed E-state index contributed by atoms with van der Waals surface area (Å²) >= 11 is 0. The van der Waals surface area contributed by atoms with Gasteiger partial charge in [-0.2, -0.15) is 0 Å². The second-order valence-corrected chi connectivity index (χ2v) is 2.67. The molecule has 1 fully saturated rings. The third-order valence-corrected chi connectivity index (χ3v) is 1.69. The molecule has 1 rings (SSSR count). The average molecular weight is 159 g/mol. The van der Waals surface area contributed by atoms with Crippen molar-refractivity contribution in [2.75, 3.05) is 19.7 Å². The molecule has 0 radical (unpaired) electrons. The Morgan fingerprint density at radius 2 is 2.55 bits per heavy atom. The van der Waals surface area contributed by atoms with Crippen LogP contribution in [0, 0.1) is 0 Å². The van der Waals surface area contributed by atoms with Crippen molar-refractivity contribution in [3.8, 4) is 0 Å². The lowest BCUT2D eigenvalue weighted by Crippen LogP contribution is -2.36. The van der Waals surface area contributed by atoms with Crippen molar-refractivity contribution >= 4 is 5.97 Å². The lowest BCUT2D eigenvalue weighted by atomic mass is 10.1. The van der Waals surface area contributed by atoms with Gasteiger partial charge in [0.05, 0.1) is 6.10 Å². The van der Waals surface area contributed by atoms with Crippen molar-refractivity contribution in [2.24, 2.45) is 0 Å². The molecule has 1 atom stereocenters. The normalized spacial score (nSPS) is 24.9. The molecule has 1 heterocycles. The monoisotopic (exact) mass is 159 g/mol. The molecule has 0 amide bonds. The van der Waals surface area contributed by atoms with Crippen LogP contribution in [0.25, 0.3) is 0 Å². The first-order valence-corrected chi connectivity index (χ1v) is 3.83. The molecule has 0 bridgehead atoms. The van der Waals surface area contributed by atoms with Crippen LogP contribution in [-0.4, -0.2) is 36.9 Å². The topological polar surface area (TPSA) is 58.6 Å². The molecule has 11 heavy (non-hydrogen) atoms. The van der Waals surface area contributed by atoms with E-state index >= 15 is 0 Å².